The van der Waals surface area contributed by atoms with Crippen LogP contribution in [-0.4, -0.2) is 22.8 Å². The van der Waals surface area contributed by atoms with Crippen molar-refractivity contribution < 1.29 is 14.5 Å². The Morgan fingerprint density at radius 2 is 1.83 bits per heavy atom. The zero-order valence-electron chi connectivity index (χ0n) is 13.3. The number of anilines is 1. The standard InChI is InChI=1S/C17H17N3O4/c1-11-5-3-7-14(9-11)19-16(21)12(2)18-17(22)13-6-4-8-15(10-13)20(23)24/h3-10,12H,1-2H3,(H,18,22)(H,19,21). The monoisotopic (exact) mass is 327 g/mol. The maximum absolute atomic E-state index is 12.1. The Bertz CT molecular complexity index is 789. The maximum atomic E-state index is 12.1. The first-order chi connectivity index (χ1) is 11.4. The summed E-state index contributed by atoms with van der Waals surface area (Å²) >= 11 is 0. The van der Waals surface area contributed by atoms with Crippen LogP contribution in [0.4, 0.5) is 11.4 Å². The minimum absolute atomic E-state index is 0.124. The van der Waals surface area contributed by atoms with E-state index in [2.05, 4.69) is 10.6 Å². The Morgan fingerprint density at radius 3 is 2.50 bits per heavy atom. The maximum Gasteiger partial charge on any atom is 0.270 e. The molecule has 1 atom stereocenters. The number of amides is 2. The predicted octanol–water partition coefficient (Wildman–Crippen LogP) is 2.66. The Hall–Kier alpha value is -3.22. The molecule has 24 heavy (non-hydrogen) atoms. The third kappa shape index (κ3) is 4.39. The van der Waals surface area contributed by atoms with Crippen molar-refractivity contribution >= 4 is 23.2 Å². The average molecular weight is 327 g/mol. The fraction of sp³-hybridized carbons (Fsp3) is 0.176. The molecule has 7 heteroatoms. The van der Waals surface area contributed by atoms with Crippen LogP contribution in [0.5, 0.6) is 0 Å². The molecule has 0 saturated heterocycles. The SMILES string of the molecule is Cc1cccc(NC(=O)C(C)NC(=O)c2cccc([N+](=O)[O-])c2)c1. The van der Waals surface area contributed by atoms with Gasteiger partial charge in [0.15, 0.2) is 0 Å². The molecule has 2 amide bonds. The van der Waals surface area contributed by atoms with E-state index in [1.807, 2.05) is 25.1 Å². The fourth-order valence-electron chi connectivity index (χ4n) is 2.08. The van der Waals surface area contributed by atoms with Crippen molar-refractivity contribution in [3.05, 3.63) is 69.8 Å². The van der Waals surface area contributed by atoms with Crippen LogP contribution in [0.1, 0.15) is 22.8 Å². The Morgan fingerprint density at radius 1 is 1.12 bits per heavy atom. The van der Waals surface area contributed by atoms with Gasteiger partial charge < -0.3 is 10.6 Å². The smallest absolute Gasteiger partial charge is 0.270 e. The highest BCUT2D eigenvalue weighted by molar-refractivity contribution is 6.01. The van der Waals surface area contributed by atoms with Gasteiger partial charge in [-0.25, -0.2) is 0 Å². The summed E-state index contributed by atoms with van der Waals surface area (Å²) in [6, 6.07) is 11.8. The van der Waals surface area contributed by atoms with Crippen molar-refractivity contribution in [3.63, 3.8) is 0 Å². The molecule has 7 nitrogen and oxygen atoms in total. The second-order valence-electron chi connectivity index (χ2n) is 5.36. The van der Waals surface area contributed by atoms with Crippen LogP contribution < -0.4 is 10.6 Å². The van der Waals surface area contributed by atoms with Gasteiger partial charge in [0.2, 0.25) is 5.91 Å². The van der Waals surface area contributed by atoms with Crippen molar-refractivity contribution in [2.45, 2.75) is 19.9 Å². The number of benzene rings is 2. The molecule has 0 saturated carbocycles. The molecule has 2 rings (SSSR count). The first-order valence-electron chi connectivity index (χ1n) is 7.29. The third-order valence-corrected chi connectivity index (χ3v) is 3.35. The molecule has 1 unspecified atom stereocenters. The van der Waals surface area contributed by atoms with Gasteiger partial charge in [0.1, 0.15) is 6.04 Å². The Balaban J connectivity index is 2.01. The molecular formula is C17H17N3O4. The number of nitrogens with one attached hydrogen (secondary N) is 2. The van der Waals surface area contributed by atoms with Gasteiger partial charge in [-0.3, -0.25) is 19.7 Å². The van der Waals surface area contributed by atoms with E-state index < -0.39 is 16.9 Å². The van der Waals surface area contributed by atoms with Gasteiger partial charge in [0.05, 0.1) is 4.92 Å². The summed E-state index contributed by atoms with van der Waals surface area (Å²) in [6.45, 7) is 3.45. The van der Waals surface area contributed by atoms with Gasteiger partial charge in [0, 0.05) is 23.4 Å². The van der Waals surface area contributed by atoms with Crippen molar-refractivity contribution in [2.24, 2.45) is 0 Å². The van der Waals surface area contributed by atoms with E-state index in [0.717, 1.165) is 5.56 Å². The molecule has 0 aliphatic rings. The number of carbonyl (C=O) groups excluding carboxylic acids is 2. The van der Waals surface area contributed by atoms with Crippen molar-refractivity contribution in [1.29, 1.82) is 0 Å². The first kappa shape index (κ1) is 17.1. The summed E-state index contributed by atoms with van der Waals surface area (Å²) in [7, 11) is 0. The summed E-state index contributed by atoms with van der Waals surface area (Å²) < 4.78 is 0. The van der Waals surface area contributed by atoms with Crippen LogP contribution in [0.15, 0.2) is 48.5 Å². The lowest BCUT2D eigenvalue weighted by atomic mass is 10.1. The van der Waals surface area contributed by atoms with E-state index in [1.165, 1.54) is 24.3 Å². The Labute approximate surface area is 138 Å². The lowest BCUT2D eigenvalue weighted by Crippen LogP contribution is -2.41. The molecule has 2 N–H and O–H groups in total. The molecule has 124 valence electrons. The van der Waals surface area contributed by atoms with Crippen LogP contribution in [-0.2, 0) is 4.79 Å². The number of nitro groups is 1. The van der Waals surface area contributed by atoms with Crippen molar-refractivity contribution in [1.82, 2.24) is 5.32 Å². The van der Waals surface area contributed by atoms with Crippen LogP contribution in [0, 0.1) is 17.0 Å². The van der Waals surface area contributed by atoms with Crippen molar-refractivity contribution in [3.8, 4) is 0 Å². The number of aryl methyl sites for hydroxylation is 1. The normalized spacial score (nSPS) is 11.4. The predicted molar refractivity (Wildman–Crippen MR) is 89.8 cm³/mol. The highest BCUT2D eigenvalue weighted by Crippen LogP contribution is 2.13. The highest BCUT2D eigenvalue weighted by Gasteiger charge is 2.18. The summed E-state index contributed by atoms with van der Waals surface area (Å²) in [5, 5.41) is 16.0. The summed E-state index contributed by atoms with van der Waals surface area (Å²) in [4.78, 5) is 34.4. The highest BCUT2D eigenvalue weighted by atomic mass is 16.6. The van der Waals surface area contributed by atoms with E-state index in [4.69, 9.17) is 0 Å². The zero-order chi connectivity index (χ0) is 17.7. The van der Waals surface area contributed by atoms with Gasteiger partial charge in [-0.15, -0.1) is 0 Å². The van der Waals surface area contributed by atoms with E-state index in [1.54, 1.807) is 13.0 Å². The molecule has 0 heterocycles. The number of nitrogens with zero attached hydrogens (tertiary/aromatic N) is 1. The van der Waals surface area contributed by atoms with Crippen LogP contribution in [0.2, 0.25) is 0 Å². The van der Waals surface area contributed by atoms with Gasteiger partial charge in [-0.2, -0.15) is 0 Å². The lowest BCUT2D eigenvalue weighted by Gasteiger charge is -2.14. The number of rotatable bonds is 5. The van der Waals surface area contributed by atoms with E-state index in [9.17, 15) is 19.7 Å². The van der Waals surface area contributed by atoms with Gasteiger partial charge in [-0.1, -0.05) is 18.2 Å². The van der Waals surface area contributed by atoms with Crippen molar-refractivity contribution in [2.75, 3.05) is 5.32 Å². The average Bonchev–Trinajstić information content (AvgIpc) is 2.54. The van der Waals surface area contributed by atoms with E-state index >= 15 is 0 Å². The molecular weight excluding hydrogens is 310 g/mol. The second kappa shape index (κ2) is 7.36. The molecule has 0 bridgehead atoms. The molecule has 0 spiro atoms. The number of hydrogen-bond donors (Lipinski definition) is 2. The first-order valence-corrected chi connectivity index (χ1v) is 7.29. The molecule has 0 aromatic heterocycles. The molecule has 0 aliphatic heterocycles. The largest absolute Gasteiger partial charge is 0.341 e. The second-order valence-corrected chi connectivity index (χ2v) is 5.36. The topological polar surface area (TPSA) is 101 Å². The number of hydrogen-bond acceptors (Lipinski definition) is 4. The van der Waals surface area contributed by atoms with E-state index in [0.29, 0.717) is 5.69 Å². The summed E-state index contributed by atoms with van der Waals surface area (Å²) in [6.07, 6.45) is 0. The minimum atomic E-state index is -0.794. The molecule has 0 fully saturated rings. The molecule has 0 radical (unpaired) electrons. The molecule has 2 aromatic rings. The molecule has 0 aliphatic carbocycles. The number of nitro benzene ring substituents is 1. The zero-order valence-corrected chi connectivity index (χ0v) is 13.3. The van der Waals surface area contributed by atoms with Crippen LogP contribution in [0.3, 0.4) is 0 Å². The quantitative estimate of drug-likeness (QED) is 0.651. The van der Waals surface area contributed by atoms with E-state index in [-0.39, 0.29) is 17.2 Å². The van der Waals surface area contributed by atoms with Crippen LogP contribution >= 0.6 is 0 Å². The fourth-order valence-corrected chi connectivity index (χ4v) is 2.08. The summed E-state index contributed by atoms with van der Waals surface area (Å²) in [5.41, 5.74) is 1.58. The Kier molecular flexibility index (Phi) is 5.26. The van der Waals surface area contributed by atoms with Crippen LogP contribution in [0.25, 0.3) is 0 Å². The molecule has 2 aromatic carbocycles. The summed E-state index contributed by atoms with van der Waals surface area (Å²) in [5.74, 6) is -0.926. The lowest BCUT2D eigenvalue weighted by molar-refractivity contribution is -0.384. The van der Waals surface area contributed by atoms with Gasteiger partial charge in [0.25, 0.3) is 11.6 Å². The third-order valence-electron chi connectivity index (χ3n) is 3.35. The minimum Gasteiger partial charge on any atom is -0.341 e. The number of non-ortho nitro benzene ring substituents is 1. The number of carbonyl (C=O) groups is 2. The van der Waals surface area contributed by atoms with Gasteiger partial charge >= 0.3 is 0 Å². The van der Waals surface area contributed by atoms with Gasteiger partial charge in [-0.05, 0) is 37.6 Å².